The predicted molar refractivity (Wildman–Crippen MR) is 139 cm³/mol. The Bertz CT molecular complexity index is 903. The average Bonchev–Trinajstić information content (AvgIpc) is 3.20. The zero-order valence-corrected chi connectivity index (χ0v) is 22.5. The van der Waals surface area contributed by atoms with Gasteiger partial charge in [0, 0.05) is 26.2 Å². The van der Waals surface area contributed by atoms with Crippen molar-refractivity contribution in [1.29, 1.82) is 0 Å². The molecule has 0 aromatic carbocycles. The van der Waals surface area contributed by atoms with Crippen LogP contribution in [0.25, 0.3) is 0 Å². The number of rotatable bonds is 10. The van der Waals surface area contributed by atoms with E-state index >= 15 is 0 Å². The van der Waals surface area contributed by atoms with Gasteiger partial charge in [0.1, 0.15) is 17.6 Å². The molecule has 8 heteroatoms. The van der Waals surface area contributed by atoms with Crippen molar-refractivity contribution < 1.29 is 29.0 Å². The van der Waals surface area contributed by atoms with Gasteiger partial charge in [-0.25, -0.2) is 0 Å². The average molecular weight is 517 g/mol. The number of carbonyl (C=O) groups is 3. The quantitative estimate of drug-likeness (QED) is 0.272. The molecule has 2 fully saturated rings. The summed E-state index contributed by atoms with van der Waals surface area (Å²) in [6, 6.07) is -0.807. The van der Waals surface area contributed by atoms with E-state index in [-0.39, 0.29) is 18.4 Å². The molecule has 4 rings (SSSR count). The summed E-state index contributed by atoms with van der Waals surface area (Å²) in [4.78, 5) is 45.3. The van der Waals surface area contributed by atoms with Crippen molar-refractivity contribution >= 4 is 17.8 Å². The van der Waals surface area contributed by atoms with Crippen LogP contribution in [-0.2, 0) is 23.9 Å². The number of allylic oxidation sites excluding steroid dienone is 1. The molecule has 1 spiro atoms. The molecule has 5 atom stereocenters. The van der Waals surface area contributed by atoms with Crippen molar-refractivity contribution in [1.82, 2.24) is 9.80 Å². The largest absolute Gasteiger partial charge is 0.465 e. The summed E-state index contributed by atoms with van der Waals surface area (Å²) in [5.41, 5.74) is -2.25. The Morgan fingerprint density at radius 3 is 2.51 bits per heavy atom. The molecule has 0 saturated carbocycles. The summed E-state index contributed by atoms with van der Waals surface area (Å²) in [7, 11) is 0. The summed E-state index contributed by atoms with van der Waals surface area (Å²) in [6.45, 7) is 5.99. The lowest BCUT2D eigenvalue weighted by molar-refractivity contribution is -0.160. The number of hydrogen-bond donors (Lipinski definition) is 1. The number of ether oxygens (including phenoxy) is 2. The molecule has 4 aliphatic rings. The summed E-state index contributed by atoms with van der Waals surface area (Å²) in [5.74, 6) is -2.35. The molecule has 206 valence electrons. The highest BCUT2D eigenvalue weighted by molar-refractivity contribution is 5.99. The zero-order chi connectivity index (χ0) is 26.5. The monoisotopic (exact) mass is 516 g/mol. The van der Waals surface area contributed by atoms with Crippen LogP contribution in [0.2, 0.25) is 0 Å². The number of fused-ring (bicyclic) bond motifs is 2. The maximum Gasteiger partial charge on any atom is 0.313 e. The molecule has 2 saturated heterocycles. The van der Waals surface area contributed by atoms with Crippen LogP contribution in [-0.4, -0.2) is 82.8 Å². The number of aliphatic hydroxyl groups is 1. The van der Waals surface area contributed by atoms with Crippen LogP contribution in [0.3, 0.4) is 0 Å². The molecular formula is C29H44N2O6. The Morgan fingerprint density at radius 2 is 1.73 bits per heavy atom. The first-order valence-corrected chi connectivity index (χ1v) is 14.3. The van der Waals surface area contributed by atoms with Crippen LogP contribution >= 0.6 is 0 Å². The van der Waals surface area contributed by atoms with Gasteiger partial charge in [0.15, 0.2) is 0 Å². The van der Waals surface area contributed by atoms with Crippen molar-refractivity contribution in [3.63, 3.8) is 0 Å². The molecule has 37 heavy (non-hydrogen) atoms. The number of amides is 2. The third kappa shape index (κ3) is 5.37. The summed E-state index contributed by atoms with van der Waals surface area (Å²) >= 11 is 0. The first-order valence-electron chi connectivity index (χ1n) is 14.3. The molecule has 0 aromatic rings. The lowest BCUT2D eigenvalue weighted by Crippen LogP contribution is -2.56. The maximum absolute atomic E-state index is 14.2. The van der Waals surface area contributed by atoms with Gasteiger partial charge in [0.05, 0.1) is 18.1 Å². The Balaban J connectivity index is 1.71. The zero-order valence-electron chi connectivity index (χ0n) is 22.5. The number of likely N-dealkylation sites (tertiary alicyclic amines) is 1. The van der Waals surface area contributed by atoms with Gasteiger partial charge in [0.25, 0.3) is 0 Å². The number of cyclic esters (lactones) is 1. The Hall–Kier alpha value is -2.19. The highest BCUT2D eigenvalue weighted by atomic mass is 16.6. The highest BCUT2D eigenvalue weighted by Crippen LogP contribution is 2.57. The van der Waals surface area contributed by atoms with Crippen LogP contribution in [0.15, 0.2) is 24.3 Å². The third-order valence-electron chi connectivity index (χ3n) is 8.42. The van der Waals surface area contributed by atoms with E-state index in [1.54, 1.807) is 4.90 Å². The number of unbranched alkanes of at least 4 members (excludes halogenated alkanes) is 5. The summed E-state index contributed by atoms with van der Waals surface area (Å²) in [6.07, 6.45) is 16.5. The van der Waals surface area contributed by atoms with Crippen LogP contribution in [0.5, 0.6) is 0 Å². The molecule has 4 heterocycles. The molecular weight excluding hydrogens is 472 g/mol. The van der Waals surface area contributed by atoms with E-state index in [1.807, 2.05) is 36.1 Å². The Kier molecular flexibility index (Phi) is 9.11. The second-order valence-corrected chi connectivity index (χ2v) is 11.1. The van der Waals surface area contributed by atoms with Gasteiger partial charge in [-0.15, -0.1) is 0 Å². The third-order valence-corrected chi connectivity index (χ3v) is 8.42. The minimum atomic E-state index is -1.21. The van der Waals surface area contributed by atoms with Crippen molar-refractivity contribution in [2.45, 2.75) is 95.3 Å². The number of nitrogens with zero attached hydrogens (tertiary/aromatic N) is 2. The topological polar surface area (TPSA) is 96.4 Å². The molecule has 0 aliphatic carbocycles. The second-order valence-electron chi connectivity index (χ2n) is 11.1. The molecule has 0 radical (unpaired) electrons. The van der Waals surface area contributed by atoms with E-state index in [1.165, 1.54) is 0 Å². The van der Waals surface area contributed by atoms with Crippen molar-refractivity contribution in [3.05, 3.63) is 24.3 Å². The van der Waals surface area contributed by atoms with Crippen LogP contribution in [0.4, 0.5) is 0 Å². The van der Waals surface area contributed by atoms with Gasteiger partial charge in [-0.3, -0.25) is 14.4 Å². The number of hydrogen-bond acceptors (Lipinski definition) is 6. The molecule has 0 aromatic heterocycles. The van der Waals surface area contributed by atoms with E-state index in [4.69, 9.17) is 14.6 Å². The molecule has 8 nitrogen and oxygen atoms in total. The molecule has 0 bridgehead atoms. The smallest absolute Gasteiger partial charge is 0.313 e. The summed E-state index contributed by atoms with van der Waals surface area (Å²) < 4.78 is 12.5. The highest BCUT2D eigenvalue weighted by Gasteiger charge is 2.74. The lowest BCUT2D eigenvalue weighted by atomic mass is 9.74. The van der Waals surface area contributed by atoms with Crippen LogP contribution < -0.4 is 0 Å². The number of carbonyl (C=O) groups excluding carboxylic acids is 3. The standard InChI is InChI=1S/C29H44N2O6/c1-3-4-10-17-30-18-14-16-29-22(23-27(35)36-21-13-8-5-9-15-28(23,2)37-29)25(33)31(24(29)26(30)34)19-11-6-7-12-20-32/h9,14-16,22-24,32H,3-8,10-13,17-21H2,1-2H3/b15-9-/t22-,23+,24?,28-,29-/m0/s1. The van der Waals surface area contributed by atoms with E-state index in [9.17, 15) is 14.4 Å². The summed E-state index contributed by atoms with van der Waals surface area (Å²) in [5, 5.41) is 9.12. The van der Waals surface area contributed by atoms with Crippen molar-refractivity contribution in [2.24, 2.45) is 11.8 Å². The van der Waals surface area contributed by atoms with E-state index in [0.29, 0.717) is 26.2 Å². The van der Waals surface area contributed by atoms with Gasteiger partial charge in [-0.2, -0.15) is 0 Å². The first kappa shape index (κ1) is 27.8. The second kappa shape index (κ2) is 12.1. The van der Waals surface area contributed by atoms with Crippen LogP contribution in [0, 0.1) is 11.8 Å². The van der Waals surface area contributed by atoms with Gasteiger partial charge in [0.2, 0.25) is 11.8 Å². The lowest BCUT2D eigenvalue weighted by Gasteiger charge is -2.37. The molecule has 1 unspecified atom stereocenters. The van der Waals surface area contributed by atoms with Gasteiger partial charge < -0.3 is 24.4 Å². The predicted octanol–water partition coefficient (Wildman–Crippen LogP) is 3.38. The van der Waals surface area contributed by atoms with E-state index < -0.39 is 35.0 Å². The molecule has 2 amide bonds. The Morgan fingerprint density at radius 1 is 0.946 bits per heavy atom. The van der Waals surface area contributed by atoms with Crippen molar-refractivity contribution in [2.75, 3.05) is 32.8 Å². The number of aliphatic hydroxyl groups excluding tert-OH is 1. The fourth-order valence-corrected chi connectivity index (χ4v) is 6.59. The van der Waals surface area contributed by atoms with Gasteiger partial charge >= 0.3 is 5.97 Å². The number of esters is 1. The maximum atomic E-state index is 14.2. The SMILES string of the molecule is CCCCCN1CC=C[C@]23O[C@@]4(C)/C=C\CCCCOC(=O)[C@H]4[C@H]2C(=O)N(CCCCCCO)C3C1=O. The first-order chi connectivity index (χ1) is 17.9. The Labute approximate surface area is 221 Å². The van der Waals surface area contributed by atoms with Gasteiger partial charge in [-0.1, -0.05) is 56.9 Å². The minimum absolute atomic E-state index is 0.100. The fourth-order valence-electron chi connectivity index (χ4n) is 6.59. The van der Waals surface area contributed by atoms with E-state index in [2.05, 4.69) is 6.92 Å². The van der Waals surface area contributed by atoms with Crippen LogP contribution in [0.1, 0.15) is 78.1 Å². The fraction of sp³-hybridized carbons (Fsp3) is 0.759. The van der Waals surface area contributed by atoms with Gasteiger partial charge in [-0.05, 0) is 45.4 Å². The molecule has 1 N–H and O–H groups in total. The van der Waals surface area contributed by atoms with Crippen molar-refractivity contribution in [3.8, 4) is 0 Å². The minimum Gasteiger partial charge on any atom is -0.465 e. The normalized spacial score (nSPS) is 34.6. The van der Waals surface area contributed by atoms with E-state index in [0.717, 1.165) is 64.2 Å². The molecule has 4 aliphatic heterocycles.